The average molecular weight is 275 g/mol. The molecule has 6 nitrogen and oxygen atoms in total. The first-order chi connectivity index (χ1) is 8.48. The summed E-state index contributed by atoms with van der Waals surface area (Å²) in [4.78, 5) is 29.7. The molecule has 0 aromatic rings. The highest BCUT2D eigenvalue weighted by molar-refractivity contribution is 7.92. The summed E-state index contributed by atoms with van der Waals surface area (Å²) in [6.45, 7) is 3.10. The first-order valence-corrected chi connectivity index (χ1v) is 6.23. The summed E-state index contributed by atoms with van der Waals surface area (Å²) in [6.07, 6.45) is 4.35. The molecule has 0 saturated heterocycles. The van der Waals surface area contributed by atoms with E-state index < -0.39 is 11.4 Å². The van der Waals surface area contributed by atoms with E-state index in [2.05, 4.69) is 9.72 Å². The van der Waals surface area contributed by atoms with E-state index in [9.17, 15) is 9.59 Å². The van der Waals surface area contributed by atoms with E-state index in [0.717, 1.165) is 0 Å². The van der Waals surface area contributed by atoms with Crippen LogP contribution in [0.3, 0.4) is 0 Å². The molecule has 0 spiro atoms. The molecule has 0 aromatic carbocycles. The van der Waals surface area contributed by atoms with E-state index >= 15 is 0 Å². The van der Waals surface area contributed by atoms with Gasteiger partial charge in [0.05, 0.1) is 12.5 Å². The predicted molar refractivity (Wildman–Crippen MR) is 65.9 cm³/mol. The van der Waals surface area contributed by atoms with Crippen LogP contribution in [-0.4, -0.2) is 25.2 Å². The maximum atomic E-state index is 11.9. The van der Waals surface area contributed by atoms with Crippen molar-refractivity contribution >= 4 is 24.2 Å². The molecule has 0 fully saturated rings. The summed E-state index contributed by atoms with van der Waals surface area (Å²) in [7, 11) is 1.42. The van der Waals surface area contributed by atoms with Gasteiger partial charge >= 0.3 is 11.9 Å². The first kappa shape index (κ1) is 15.0. The Morgan fingerprint density at radius 2 is 2.22 bits per heavy atom. The number of rotatable bonds is 5. The number of nitrogens with one attached hydrogen (secondary N) is 1. The molecule has 0 aromatic heterocycles. The molecule has 0 aliphatic heterocycles. The summed E-state index contributed by atoms with van der Waals surface area (Å²) in [6, 6.07) is 0. The van der Waals surface area contributed by atoms with E-state index in [-0.39, 0.29) is 12.1 Å². The van der Waals surface area contributed by atoms with Crippen LogP contribution in [0.5, 0.6) is 0 Å². The molecule has 0 radical (unpaired) electrons. The third-order valence-electron chi connectivity index (χ3n) is 2.57. The van der Waals surface area contributed by atoms with Gasteiger partial charge in [0.15, 0.2) is 12.2 Å². The molecule has 0 saturated carbocycles. The molecule has 1 rings (SSSR count). The highest BCUT2D eigenvalue weighted by Crippen LogP contribution is 2.34. The van der Waals surface area contributed by atoms with Gasteiger partial charge in [-0.15, -0.1) is 4.89 Å². The van der Waals surface area contributed by atoms with E-state index in [1.165, 1.54) is 14.0 Å². The van der Waals surface area contributed by atoms with Gasteiger partial charge in [0.25, 0.3) is 0 Å². The van der Waals surface area contributed by atoms with Crippen LogP contribution in [0.2, 0.25) is 0 Å². The zero-order valence-corrected chi connectivity index (χ0v) is 11.4. The fourth-order valence-corrected chi connectivity index (χ4v) is 2.13. The third-order valence-corrected chi connectivity index (χ3v) is 3.04. The molecular weight excluding hydrogens is 258 g/mol. The second-order valence-corrected chi connectivity index (χ2v) is 4.73. The minimum absolute atomic E-state index is 0.287. The third kappa shape index (κ3) is 4.32. The summed E-state index contributed by atoms with van der Waals surface area (Å²) >= 11 is 0.705. The van der Waals surface area contributed by atoms with Crippen LogP contribution in [0.15, 0.2) is 12.2 Å². The maximum Gasteiger partial charge on any atom is 0.329 e. The van der Waals surface area contributed by atoms with Crippen molar-refractivity contribution in [3.05, 3.63) is 12.2 Å². The van der Waals surface area contributed by atoms with Crippen molar-refractivity contribution < 1.29 is 23.3 Å². The van der Waals surface area contributed by atoms with E-state index in [1.54, 1.807) is 13.0 Å². The zero-order valence-electron chi connectivity index (χ0n) is 10.6. The molecule has 0 bridgehead atoms. The molecule has 1 N–H and O–H groups in total. The summed E-state index contributed by atoms with van der Waals surface area (Å²) in [5, 5.41) is 0. The first-order valence-electron chi connectivity index (χ1n) is 5.49. The number of carbonyl (C=O) groups is 2. The molecule has 102 valence electrons. The molecule has 2 atom stereocenters. The van der Waals surface area contributed by atoms with Crippen LogP contribution in [0.4, 0.5) is 0 Å². The molecule has 0 heterocycles. The Labute approximate surface area is 110 Å². The van der Waals surface area contributed by atoms with Gasteiger partial charge < -0.3 is 8.92 Å². The van der Waals surface area contributed by atoms with Crippen molar-refractivity contribution in [3.8, 4) is 0 Å². The van der Waals surface area contributed by atoms with Gasteiger partial charge in [0.2, 0.25) is 0 Å². The minimum atomic E-state index is -0.791. The lowest BCUT2D eigenvalue weighted by Gasteiger charge is -2.30. The molecule has 18 heavy (non-hydrogen) atoms. The Bertz CT molecular complexity index is 346. The molecule has 0 amide bonds. The fraction of sp³-hybridized carbons (Fsp3) is 0.636. The van der Waals surface area contributed by atoms with Crippen molar-refractivity contribution in [1.82, 2.24) is 4.89 Å². The van der Waals surface area contributed by atoms with Gasteiger partial charge in [-0.05, 0) is 6.92 Å². The normalized spacial score (nSPS) is 26.7. The zero-order chi connectivity index (χ0) is 13.6. The molecular formula is C11H17NO5S. The summed E-state index contributed by atoms with van der Waals surface area (Å²) in [5.74, 6) is -0.758. The largest absolute Gasteiger partial charge is 0.462 e. The smallest absolute Gasteiger partial charge is 0.329 e. The Morgan fingerprint density at radius 3 is 2.83 bits per heavy atom. The average Bonchev–Trinajstić information content (AvgIpc) is 2.28. The van der Waals surface area contributed by atoms with Crippen LogP contribution in [0.25, 0.3) is 0 Å². The van der Waals surface area contributed by atoms with Crippen LogP contribution in [0.1, 0.15) is 26.7 Å². The topological polar surface area (TPSA) is 73.9 Å². The van der Waals surface area contributed by atoms with Gasteiger partial charge in [-0.25, -0.2) is 0 Å². The standard InChI is InChI=1S/C11H17NO5S/c1-8(13)16-9-5-4-6-11(2,7-9)10(14)17-18-12-15-3/h4,6,9,12H,5,7H2,1-3H3. The van der Waals surface area contributed by atoms with Crippen LogP contribution >= 0.6 is 12.2 Å². The lowest BCUT2D eigenvalue weighted by atomic mass is 9.79. The van der Waals surface area contributed by atoms with Gasteiger partial charge in [-0.3, -0.25) is 14.4 Å². The van der Waals surface area contributed by atoms with Gasteiger partial charge in [0, 0.05) is 19.8 Å². The Balaban J connectivity index is 2.56. The van der Waals surface area contributed by atoms with Crippen molar-refractivity contribution in [2.45, 2.75) is 32.8 Å². The molecule has 7 heteroatoms. The summed E-state index contributed by atoms with van der Waals surface area (Å²) < 4.78 is 10.0. The van der Waals surface area contributed by atoms with Crippen LogP contribution < -0.4 is 4.89 Å². The lowest BCUT2D eigenvalue weighted by Crippen LogP contribution is -2.35. The minimum Gasteiger partial charge on any atom is -0.462 e. The van der Waals surface area contributed by atoms with Crippen LogP contribution in [0, 0.1) is 5.41 Å². The second kappa shape index (κ2) is 6.77. The fourth-order valence-electron chi connectivity index (χ4n) is 1.76. The van der Waals surface area contributed by atoms with Crippen molar-refractivity contribution in [2.75, 3.05) is 7.11 Å². The number of esters is 1. The van der Waals surface area contributed by atoms with Crippen molar-refractivity contribution in [2.24, 2.45) is 5.41 Å². The van der Waals surface area contributed by atoms with E-state index in [4.69, 9.17) is 8.92 Å². The van der Waals surface area contributed by atoms with Gasteiger partial charge in [-0.1, -0.05) is 12.2 Å². The summed E-state index contributed by atoms with van der Waals surface area (Å²) in [5.41, 5.74) is -0.791. The highest BCUT2D eigenvalue weighted by atomic mass is 32.2. The number of carbonyl (C=O) groups excluding carboxylic acids is 2. The highest BCUT2D eigenvalue weighted by Gasteiger charge is 2.38. The Hall–Kier alpha value is -1.05. The second-order valence-electron chi connectivity index (χ2n) is 4.23. The Kier molecular flexibility index (Phi) is 5.64. The predicted octanol–water partition coefficient (Wildman–Crippen LogP) is 1.53. The van der Waals surface area contributed by atoms with E-state index in [1.807, 2.05) is 6.08 Å². The molecule has 1 aliphatic rings. The van der Waals surface area contributed by atoms with E-state index in [0.29, 0.717) is 25.1 Å². The SMILES string of the molecule is CONSOC(=O)C1(C)C=CCC(OC(C)=O)C1. The number of ether oxygens (including phenoxy) is 1. The van der Waals surface area contributed by atoms with Crippen molar-refractivity contribution in [3.63, 3.8) is 0 Å². The lowest BCUT2D eigenvalue weighted by molar-refractivity contribution is -0.152. The Morgan fingerprint density at radius 1 is 1.50 bits per heavy atom. The number of hydrogen-bond donors (Lipinski definition) is 1. The monoisotopic (exact) mass is 275 g/mol. The maximum absolute atomic E-state index is 11.9. The van der Waals surface area contributed by atoms with Gasteiger partial charge in [-0.2, -0.15) is 0 Å². The molecule has 2 unspecified atom stereocenters. The molecule has 1 aliphatic carbocycles. The van der Waals surface area contributed by atoms with Crippen LogP contribution in [-0.2, 0) is 23.3 Å². The van der Waals surface area contributed by atoms with Crippen molar-refractivity contribution in [1.29, 1.82) is 0 Å². The quantitative estimate of drug-likeness (QED) is 0.204. The number of hydrogen-bond acceptors (Lipinski definition) is 7. The van der Waals surface area contributed by atoms with Gasteiger partial charge in [0.1, 0.15) is 6.10 Å².